The lowest BCUT2D eigenvalue weighted by molar-refractivity contribution is -0.138. The van der Waals surface area contributed by atoms with Crippen LogP contribution in [0.3, 0.4) is 0 Å². The van der Waals surface area contributed by atoms with Crippen molar-refractivity contribution in [2.24, 2.45) is 0 Å². The second kappa shape index (κ2) is 8.30. The van der Waals surface area contributed by atoms with Gasteiger partial charge in [-0.1, -0.05) is 6.07 Å². The Morgan fingerprint density at radius 1 is 1.28 bits per heavy atom. The zero-order valence-electron chi connectivity index (χ0n) is 13.2. The Kier molecular flexibility index (Phi) is 6.94. The number of aliphatic carboxylic acids is 1. The van der Waals surface area contributed by atoms with Gasteiger partial charge >= 0.3 is 12.1 Å². The third-order valence-electron chi connectivity index (χ3n) is 3.19. The third-order valence-corrected chi connectivity index (χ3v) is 4.59. The predicted octanol–water partition coefficient (Wildman–Crippen LogP) is 1.31. The molecule has 0 aliphatic heterocycles. The Bertz CT molecular complexity index is 734. The van der Waals surface area contributed by atoms with Crippen LogP contribution >= 0.6 is 0 Å². The molecule has 1 amide bonds. The molecule has 0 unspecified atom stereocenters. The lowest BCUT2D eigenvalue weighted by Gasteiger charge is -2.17. The van der Waals surface area contributed by atoms with E-state index in [0.717, 1.165) is 23.1 Å². The summed E-state index contributed by atoms with van der Waals surface area (Å²) >= 11 is 0. The van der Waals surface area contributed by atoms with Gasteiger partial charge in [-0.15, -0.1) is 0 Å². The lowest BCUT2D eigenvalue weighted by atomic mass is 10.2. The molecule has 7 nitrogen and oxygen atoms in total. The minimum absolute atomic E-state index is 0.108. The van der Waals surface area contributed by atoms with Crippen LogP contribution in [0.2, 0.25) is 0 Å². The first kappa shape index (κ1) is 20.9. The van der Waals surface area contributed by atoms with Crippen molar-refractivity contribution in [2.75, 3.05) is 20.1 Å². The van der Waals surface area contributed by atoms with Gasteiger partial charge in [-0.25, -0.2) is 13.1 Å². The van der Waals surface area contributed by atoms with E-state index in [4.69, 9.17) is 5.11 Å². The third kappa shape index (κ3) is 6.70. The summed E-state index contributed by atoms with van der Waals surface area (Å²) in [5.74, 6) is -1.66. The molecule has 0 bridgehead atoms. The second-order valence-electron chi connectivity index (χ2n) is 5.16. The van der Waals surface area contributed by atoms with Gasteiger partial charge < -0.3 is 10.0 Å². The molecular formula is C14H17F3N2O5S. The predicted molar refractivity (Wildman–Crippen MR) is 81.1 cm³/mol. The van der Waals surface area contributed by atoms with Gasteiger partial charge in [0.15, 0.2) is 0 Å². The number of hydrogen-bond donors (Lipinski definition) is 2. The maximum Gasteiger partial charge on any atom is 0.416 e. The molecule has 1 rings (SSSR count). The first-order chi connectivity index (χ1) is 11.4. The number of likely N-dealkylation sites (N-methyl/N-ethyl adjacent to an activating group) is 1. The average Bonchev–Trinajstić information content (AvgIpc) is 2.51. The second-order valence-corrected chi connectivity index (χ2v) is 6.93. The van der Waals surface area contributed by atoms with Crippen LogP contribution in [0.1, 0.15) is 18.4 Å². The summed E-state index contributed by atoms with van der Waals surface area (Å²) in [4.78, 5) is 22.7. The number of alkyl halides is 3. The lowest BCUT2D eigenvalue weighted by Crippen LogP contribution is -2.38. The molecule has 0 saturated heterocycles. The van der Waals surface area contributed by atoms with E-state index < -0.39 is 45.1 Å². The number of carboxylic acid groups (broad SMARTS) is 1. The first-order valence-corrected chi connectivity index (χ1v) is 8.54. The average molecular weight is 382 g/mol. The molecule has 0 heterocycles. The van der Waals surface area contributed by atoms with Crippen molar-refractivity contribution in [1.82, 2.24) is 9.62 Å². The van der Waals surface area contributed by atoms with Crippen molar-refractivity contribution < 1.29 is 36.3 Å². The summed E-state index contributed by atoms with van der Waals surface area (Å²) < 4.78 is 63.9. The maximum atomic E-state index is 12.6. The Balaban J connectivity index is 2.69. The molecule has 0 aliphatic rings. The summed E-state index contributed by atoms with van der Waals surface area (Å²) in [5, 5.41) is 8.51. The largest absolute Gasteiger partial charge is 0.481 e. The SMILES string of the molecule is CN(CCCC(=O)O)C(=O)CNS(=O)(=O)c1cccc(C(F)(F)F)c1. The van der Waals surface area contributed by atoms with Crippen LogP contribution in [0.25, 0.3) is 0 Å². The molecule has 11 heteroatoms. The fourth-order valence-electron chi connectivity index (χ4n) is 1.81. The van der Waals surface area contributed by atoms with Crippen molar-refractivity contribution in [2.45, 2.75) is 23.9 Å². The van der Waals surface area contributed by atoms with Crippen LogP contribution in [-0.2, 0) is 25.8 Å². The summed E-state index contributed by atoms with van der Waals surface area (Å²) in [5.41, 5.74) is -1.12. The molecule has 2 N–H and O–H groups in total. The van der Waals surface area contributed by atoms with Crippen LogP contribution in [0.4, 0.5) is 13.2 Å². The molecular weight excluding hydrogens is 365 g/mol. The number of rotatable bonds is 8. The zero-order chi connectivity index (χ0) is 19.3. The number of carbonyl (C=O) groups is 2. The molecule has 0 radical (unpaired) electrons. The van der Waals surface area contributed by atoms with E-state index >= 15 is 0 Å². The minimum Gasteiger partial charge on any atom is -0.481 e. The minimum atomic E-state index is -4.69. The van der Waals surface area contributed by atoms with E-state index in [1.165, 1.54) is 7.05 Å². The van der Waals surface area contributed by atoms with E-state index in [1.54, 1.807) is 0 Å². The first-order valence-electron chi connectivity index (χ1n) is 7.06. The number of amides is 1. The molecule has 0 saturated carbocycles. The van der Waals surface area contributed by atoms with E-state index in [9.17, 15) is 31.2 Å². The van der Waals surface area contributed by atoms with E-state index in [0.29, 0.717) is 6.07 Å². The van der Waals surface area contributed by atoms with Crippen LogP contribution in [0, 0.1) is 0 Å². The van der Waals surface area contributed by atoms with Crippen molar-refractivity contribution in [3.63, 3.8) is 0 Å². The van der Waals surface area contributed by atoms with Crippen molar-refractivity contribution in [1.29, 1.82) is 0 Å². The van der Waals surface area contributed by atoms with Crippen molar-refractivity contribution in [3.05, 3.63) is 29.8 Å². The molecule has 0 spiro atoms. The Labute approximate surface area is 142 Å². The number of carboxylic acids is 1. The Morgan fingerprint density at radius 3 is 2.48 bits per heavy atom. The van der Waals surface area contributed by atoms with Gasteiger partial charge in [0, 0.05) is 20.0 Å². The van der Waals surface area contributed by atoms with E-state index in [-0.39, 0.29) is 19.4 Å². The molecule has 0 aliphatic carbocycles. The number of halogens is 3. The van der Waals surface area contributed by atoms with Crippen molar-refractivity contribution in [3.8, 4) is 0 Å². The highest BCUT2D eigenvalue weighted by Gasteiger charge is 2.31. The van der Waals surface area contributed by atoms with E-state index in [2.05, 4.69) is 0 Å². The van der Waals surface area contributed by atoms with Gasteiger partial charge in [-0.05, 0) is 24.6 Å². The number of sulfonamides is 1. The molecule has 0 atom stereocenters. The highest BCUT2D eigenvalue weighted by Crippen LogP contribution is 2.30. The molecule has 25 heavy (non-hydrogen) atoms. The molecule has 140 valence electrons. The van der Waals surface area contributed by atoms with Gasteiger partial charge in [-0.2, -0.15) is 13.2 Å². The number of nitrogens with zero attached hydrogens (tertiary/aromatic N) is 1. The van der Waals surface area contributed by atoms with Gasteiger partial charge in [-0.3, -0.25) is 9.59 Å². The van der Waals surface area contributed by atoms with Gasteiger partial charge in [0.1, 0.15) is 0 Å². The topological polar surface area (TPSA) is 104 Å². The van der Waals surface area contributed by atoms with Gasteiger partial charge in [0.2, 0.25) is 15.9 Å². The number of carbonyl (C=O) groups excluding carboxylic acids is 1. The normalized spacial score (nSPS) is 12.0. The molecule has 0 aromatic heterocycles. The number of nitrogens with one attached hydrogen (secondary N) is 1. The fourth-order valence-corrected chi connectivity index (χ4v) is 2.83. The van der Waals surface area contributed by atoms with Crippen LogP contribution < -0.4 is 4.72 Å². The summed E-state index contributed by atoms with van der Waals surface area (Å²) in [6.07, 6.45) is -4.64. The van der Waals surface area contributed by atoms with E-state index in [1.807, 2.05) is 4.72 Å². The highest BCUT2D eigenvalue weighted by atomic mass is 32.2. The highest BCUT2D eigenvalue weighted by molar-refractivity contribution is 7.89. The van der Waals surface area contributed by atoms with Crippen LogP contribution in [0.5, 0.6) is 0 Å². The van der Waals surface area contributed by atoms with Gasteiger partial charge in [0.25, 0.3) is 0 Å². The standard InChI is InChI=1S/C14H17F3N2O5S/c1-19(7-3-6-13(21)22)12(20)9-18-25(23,24)11-5-2-4-10(8-11)14(15,16)17/h2,4-5,8,18H,3,6-7,9H2,1H3,(H,21,22). The summed E-state index contributed by atoms with van der Waals surface area (Å²) in [7, 11) is -2.93. The number of hydrogen-bond acceptors (Lipinski definition) is 4. The quantitative estimate of drug-likeness (QED) is 0.706. The summed E-state index contributed by atoms with van der Waals surface area (Å²) in [6, 6.07) is 3.15. The monoisotopic (exact) mass is 382 g/mol. The fraction of sp³-hybridized carbons (Fsp3) is 0.429. The molecule has 1 aromatic rings. The molecule has 0 fully saturated rings. The van der Waals surface area contributed by atoms with Gasteiger partial charge in [0.05, 0.1) is 17.0 Å². The van der Waals surface area contributed by atoms with Crippen LogP contribution in [0.15, 0.2) is 29.2 Å². The zero-order valence-corrected chi connectivity index (χ0v) is 14.0. The van der Waals surface area contributed by atoms with Crippen LogP contribution in [-0.4, -0.2) is 50.4 Å². The number of benzene rings is 1. The van der Waals surface area contributed by atoms with Crippen molar-refractivity contribution >= 4 is 21.9 Å². The smallest absolute Gasteiger partial charge is 0.416 e. The molecule has 1 aromatic carbocycles. The Morgan fingerprint density at radius 2 is 1.92 bits per heavy atom. The Hall–Kier alpha value is -2.14. The summed E-state index contributed by atoms with van der Waals surface area (Å²) in [6.45, 7) is -0.543. The maximum absolute atomic E-state index is 12.6.